The molecule has 10 nitrogen and oxygen atoms in total. The predicted octanol–water partition coefficient (Wildman–Crippen LogP) is 3.79. The van der Waals surface area contributed by atoms with E-state index < -0.39 is 36.9 Å². The van der Waals surface area contributed by atoms with Crippen molar-refractivity contribution in [3.63, 3.8) is 0 Å². The summed E-state index contributed by atoms with van der Waals surface area (Å²) in [5.74, 6) is -0.723. The fraction of sp³-hybridized carbons (Fsp3) is 0.318. The van der Waals surface area contributed by atoms with Gasteiger partial charge in [-0.1, -0.05) is 11.6 Å². The number of anilines is 2. The number of carbonyl (C=O) groups excluding carboxylic acids is 1. The second kappa shape index (κ2) is 9.94. The van der Waals surface area contributed by atoms with Gasteiger partial charge in [0.15, 0.2) is 5.65 Å². The molecule has 0 aliphatic heterocycles. The van der Waals surface area contributed by atoms with Gasteiger partial charge in [0.1, 0.15) is 18.4 Å². The Bertz CT molecular complexity index is 1430. The van der Waals surface area contributed by atoms with Crippen LogP contribution in [0, 0.1) is 0 Å². The molecular weight excluding hydrogens is 520 g/mol. The molecule has 0 unspecified atom stereocenters. The van der Waals surface area contributed by atoms with E-state index in [1.54, 1.807) is 6.07 Å². The lowest BCUT2D eigenvalue weighted by Crippen LogP contribution is -2.42. The highest BCUT2D eigenvalue weighted by atomic mass is 35.5. The quantitative estimate of drug-likeness (QED) is 0.291. The number of hydrogen-bond donors (Lipinski definition) is 3. The van der Waals surface area contributed by atoms with Crippen LogP contribution in [0.25, 0.3) is 17.0 Å². The van der Waals surface area contributed by atoms with Gasteiger partial charge in [-0.2, -0.15) is 23.4 Å². The number of amides is 1. The van der Waals surface area contributed by atoms with E-state index in [4.69, 9.17) is 11.6 Å². The van der Waals surface area contributed by atoms with Crippen LogP contribution >= 0.6 is 11.6 Å². The Morgan fingerprint density at radius 3 is 2.59 bits per heavy atom. The largest absolute Gasteiger partial charge is 0.408 e. The van der Waals surface area contributed by atoms with Crippen LogP contribution in [-0.2, 0) is 6.54 Å². The number of pyridine rings is 1. The van der Waals surface area contributed by atoms with Gasteiger partial charge in [-0.3, -0.25) is 14.5 Å². The normalized spacial score (nSPS) is 13.1. The molecule has 3 N–H and O–H groups in total. The average Bonchev–Trinajstić information content (AvgIpc) is 3.41. The zero-order valence-corrected chi connectivity index (χ0v) is 20.2. The summed E-state index contributed by atoms with van der Waals surface area (Å²) in [6, 6.07) is 3.06. The minimum absolute atomic E-state index is 0.0277. The molecule has 0 bridgehead atoms. The number of hydrogen-bond acceptors (Lipinski definition) is 7. The number of fused-ring (bicyclic) bond motifs is 1. The Labute approximate surface area is 212 Å². The van der Waals surface area contributed by atoms with Gasteiger partial charge in [0, 0.05) is 18.5 Å². The number of nitrogens with zero attached hydrogens (tertiary/aromatic N) is 6. The molecular formula is C22H21ClF4N8O2. The van der Waals surface area contributed by atoms with Crippen molar-refractivity contribution in [2.45, 2.75) is 38.3 Å². The summed E-state index contributed by atoms with van der Waals surface area (Å²) in [6.07, 6.45) is 0.183. The summed E-state index contributed by atoms with van der Waals surface area (Å²) in [5, 5.41) is 23.3. The van der Waals surface area contributed by atoms with Gasteiger partial charge >= 0.3 is 6.18 Å². The first-order chi connectivity index (χ1) is 17.3. The number of alkyl halides is 4. The minimum atomic E-state index is -4.47. The Kier molecular flexibility index (Phi) is 7.06. The maximum atomic E-state index is 14.2. The highest BCUT2D eigenvalue weighted by molar-refractivity contribution is 6.30. The lowest BCUT2D eigenvalue weighted by Gasteiger charge is -2.22. The smallest absolute Gasteiger partial charge is 0.387 e. The zero-order chi connectivity index (χ0) is 27.0. The van der Waals surface area contributed by atoms with E-state index in [-0.39, 0.29) is 16.9 Å². The van der Waals surface area contributed by atoms with E-state index in [1.165, 1.54) is 43.0 Å². The molecule has 0 radical (unpaired) electrons. The van der Waals surface area contributed by atoms with Gasteiger partial charge < -0.3 is 15.7 Å². The molecule has 0 spiro atoms. The van der Waals surface area contributed by atoms with Crippen LogP contribution in [0.3, 0.4) is 0 Å². The van der Waals surface area contributed by atoms with E-state index in [1.807, 2.05) is 0 Å². The number of halogens is 5. The molecule has 4 aromatic rings. The van der Waals surface area contributed by atoms with Crippen molar-refractivity contribution in [3.8, 4) is 11.4 Å². The average molecular weight is 541 g/mol. The molecule has 37 heavy (non-hydrogen) atoms. The maximum absolute atomic E-state index is 14.2. The second-order valence-electron chi connectivity index (χ2n) is 8.70. The summed E-state index contributed by atoms with van der Waals surface area (Å²) >= 11 is 5.96. The first-order valence-corrected chi connectivity index (χ1v) is 11.2. The van der Waals surface area contributed by atoms with Crippen molar-refractivity contribution < 1.29 is 27.5 Å². The van der Waals surface area contributed by atoms with Crippen LogP contribution in [0.15, 0.2) is 43.1 Å². The third-order valence-electron chi connectivity index (χ3n) is 5.20. The Morgan fingerprint density at radius 1 is 1.14 bits per heavy atom. The molecule has 196 valence electrons. The monoisotopic (exact) mass is 540 g/mol. The van der Waals surface area contributed by atoms with Crippen molar-refractivity contribution in [2.24, 2.45) is 0 Å². The van der Waals surface area contributed by atoms with Crippen molar-refractivity contribution in [1.29, 1.82) is 0 Å². The highest BCUT2D eigenvalue weighted by Gasteiger charge is 2.29. The molecule has 0 fully saturated rings. The van der Waals surface area contributed by atoms with E-state index in [0.29, 0.717) is 26.7 Å². The predicted molar refractivity (Wildman–Crippen MR) is 126 cm³/mol. The van der Waals surface area contributed by atoms with Crippen LogP contribution in [0.2, 0.25) is 5.02 Å². The molecule has 0 aromatic carbocycles. The maximum Gasteiger partial charge on any atom is 0.408 e. The van der Waals surface area contributed by atoms with E-state index in [2.05, 4.69) is 30.8 Å². The Morgan fingerprint density at radius 2 is 1.89 bits per heavy atom. The molecule has 0 saturated heterocycles. The second-order valence-corrected chi connectivity index (χ2v) is 9.14. The van der Waals surface area contributed by atoms with Crippen LogP contribution in [0.5, 0.6) is 0 Å². The first kappa shape index (κ1) is 26.3. The van der Waals surface area contributed by atoms with Gasteiger partial charge in [-0.15, -0.1) is 0 Å². The topological polar surface area (TPSA) is 122 Å². The van der Waals surface area contributed by atoms with Gasteiger partial charge in [-0.05, 0) is 19.9 Å². The van der Waals surface area contributed by atoms with Gasteiger partial charge in [-0.25, -0.2) is 13.9 Å². The molecule has 1 atom stereocenters. The number of rotatable bonds is 8. The van der Waals surface area contributed by atoms with Crippen LogP contribution in [0.1, 0.15) is 24.2 Å². The summed E-state index contributed by atoms with van der Waals surface area (Å²) < 4.78 is 54.5. The molecule has 4 rings (SSSR count). The number of imidazole rings is 1. The highest BCUT2D eigenvalue weighted by Crippen LogP contribution is 2.28. The van der Waals surface area contributed by atoms with E-state index in [9.17, 15) is 27.5 Å². The SMILES string of the molecule is CC(C)(O)[C@H](F)CNC(=O)c1cnc(-c2cnc3cc(Cl)cnn23)cc1Nc1cnn(CC(F)(F)F)c1. The third kappa shape index (κ3) is 6.32. The van der Waals surface area contributed by atoms with Crippen LogP contribution in [-0.4, -0.2) is 64.9 Å². The fourth-order valence-corrected chi connectivity index (χ4v) is 3.43. The molecule has 0 saturated carbocycles. The van der Waals surface area contributed by atoms with Crippen molar-refractivity contribution in [2.75, 3.05) is 11.9 Å². The number of carbonyl (C=O) groups is 1. The Hall–Kier alpha value is -3.78. The fourth-order valence-electron chi connectivity index (χ4n) is 3.29. The minimum Gasteiger partial charge on any atom is -0.387 e. The summed E-state index contributed by atoms with van der Waals surface area (Å²) in [4.78, 5) is 21.4. The first-order valence-electron chi connectivity index (χ1n) is 10.8. The van der Waals surface area contributed by atoms with Gasteiger partial charge in [0.25, 0.3) is 5.91 Å². The molecule has 4 aromatic heterocycles. The van der Waals surface area contributed by atoms with Crippen molar-refractivity contribution in [1.82, 2.24) is 34.7 Å². The van der Waals surface area contributed by atoms with Crippen LogP contribution < -0.4 is 10.6 Å². The molecule has 1 amide bonds. The van der Waals surface area contributed by atoms with E-state index in [0.717, 1.165) is 12.4 Å². The van der Waals surface area contributed by atoms with Crippen molar-refractivity contribution >= 4 is 34.5 Å². The summed E-state index contributed by atoms with van der Waals surface area (Å²) in [5.41, 5.74) is -0.184. The van der Waals surface area contributed by atoms with Crippen molar-refractivity contribution in [3.05, 3.63) is 53.7 Å². The van der Waals surface area contributed by atoms with E-state index >= 15 is 0 Å². The molecule has 0 aliphatic rings. The van der Waals surface area contributed by atoms with Crippen LogP contribution in [0.4, 0.5) is 28.9 Å². The number of nitrogens with one attached hydrogen (secondary N) is 2. The van der Waals surface area contributed by atoms with Gasteiger partial charge in [0.05, 0.1) is 58.4 Å². The standard InChI is InChI=1S/C22H21ClF4N8O2/c1-21(2,37)18(24)9-30-20(36)14-7-28-16(17-8-29-19-3-12(23)5-32-35(17)19)4-15(14)33-13-6-31-34(10-13)11-22(25,26)27/h3-8,10,18,37H,9,11H2,1-2H3,(H,28,33)(H,30,36)/t18-/m1/s1. The lowest BCUT2D eigenvalue weighted by molar-refractivity contribution is -0.142. The summed E-state index contributed by atoms with van der Waals surface area (Å²) in [7, 11) is 0. The third-order valence-corrected chi connectivity index (χ3v) is 5.41. The lowest BCUT2D eigenvalue weighted by atomic mass is 10.0. The molecule has 15 heteroatoms. The number of aromatic nitrogens is 6. The van der Waals surface area contributed by atoms with Gasteiger partial charge in [0.2, 0.25) is 0 Å². The Balaban J connectivity index is 1.68. The molecule has 0 aliphatic carbocycles. The zero-order valence-electron chi connectivity index (χ0n) is 19.5. The summed E-state index contributed by atoms with van der Waals surface area (Å²) in [6.45, 7) is 0.755. The number of aliphatic hydroxyl groups is 1. The molecule has 4 heterocycles.